The van der Waals surface area contributed by atoms with E-state index in [9.17, 15) is 4.79 Å². The van der Waals surface area contributed by atoms with Crippen LogP contribution in [-0.4, -0.2) is 10.9 Å². The van der Waals surface area contributed by atoms with Crippen LogP contribution in [0.15, 0.2) is 22.8 Å². The van der Waals surface area contributed by atoms with E-state index in [4.69, 9.17) is 9.68 Å². The summed E-state index contributed by atoms with van der Waals surface area (Å²) in [5.74, 6) is 0.154. The summed E-state index contributed by atoms with van der Waals surface area (Å²) >= 11 is 1.35. The van der Waals surface area contributed by atoms with Gasteiger partial charge in [0.15, 0.2) is 6.04 Å². The van der Waals surface area contributed by atoms with Crippen molar-refractivity contribution >= 4 is 17.2 Å². The Morgan fingerprint density at radius 3 is 3.05 bits per heavy atom. The van der Waals surface area contributed by atoms with Crippen molar-refractivity contribution in [1.29, 1.82) is 5.26 Å². The molecule has 1 unspecified atom stereocenters. The first-order valence-electron chi connectivity index (χ1n) is 6.36. The Bertz CT molecular complexity index is 625. The molecule has 0 fully saturated rings. The van der Waals surface area contributed by atoms with Gasteiger partial charge in [0.2, 0.25) is 0 Å². The van der Waals surface area contributed by atoms with Crippen molar-refractivity contribution in [3.63, 3.8) is 0 Å². The molecule has 104 valence electrons. The van der Waals surface area contributed by atoms with Crippen molar-refractivity contribution in [1.82, 2.24) is 10.3 Å². The molecule has 1 N–H and O–H groups in total. The van der Waals surface area contributed by atoms with Gasteiger partial charge in [-0.1, -0.05) is 13.3 Å². The van der Waals surface area contributed by atoms with Gasteiger partial charge in [-0.3, -0.25) is 4.79 Å². The lowest BCUT2D eigenvalue weighted by Gasteiger charge is -2.08. The van der Waals surface area contributed by atoms with Crippen LogP contribution in [0.5, 0.6) is 0 Å². The van der Waals surface area contributed by atoms with Gasteiger partial charge >= 0.3 is 0 Å². The van der Waals surface area contributed by atoms with Crippen LogP contribution in [0.1, 0.15) is 45.5 Å². The molecule has 0 aromatic carbocycles. The molecule has 20 heavy (non-hydrogen) atoms. The smallest absolute Gasteiger partial charge is 0.264 e. The topological polar surface area (TPSA) is 78.9 Å². The van der Waals surface area contributed by atoms with Gasteiger partial charge < -0.3 is 9.73 Å². The molecular weight excluding hydrogens is 274 g/mol. The second kappa shape index (κ2) is 6.35. The summed E-state index contributed by atoms with van der Waals surface area (Å²) in [6.07, 6.45) is 3.15. The molecule has 1 atom stereocenters. The van der Waals surface area contributed by atoms with E-state index >= 15 is 0 Å². The fraction of sp³-hybridized carbons (Fsp3) is 0.357. The molecule has 0 aliphatic heterocycles. The molecule has 5 nitrogen and oxygen atoms in total. The summed E-state index contributed by atoms with van der Waals surface area (Å²) in [4.78, 5) is 17.2. The summed E-state index contributed by atoms with van der Waals surface area (Å²) in [5, 5.41) is 12.7. The van der Waals surface area contributed by atoms with Gasteiger partial charge in [0.25, 0.3) is 5.91 Å². The summed E-state index contributed by atoms with van der Waals surface area (Å²) in [6.45, 7) is 3.91. The van der Waals surface area contributed by atoms with Gasteiger partial charge in [0.1, 0.15) is 10.6 Å². The first-order chi connectivity index (χ1) is 9.65. The van der Waals surface area contributed by atoms with Crippen molar-refractivity contribution in [2.24, 2.45) is 0 Å². The lowest BCUT2D eigenvalue weighted by Crippen LogP contribution is -2.27. The third-order valence-electron chi connectivity index (χ3n) is 2.73. The highest BCUT2D eigenvalue weighted by Gasteiger charge is 2.21. The minimum Gasteiger partial charge on any atom is -0.466 e. The number of nitriles is 1. The molecule has 0 bridgehead atoms. The SMILES string of the molecule is CCCc1nc(C)sc1C(=O)NC(C#N)c1ccco1. The number of hydrogen-bond acceptors (Lipinski definition) is 5. The number of aromatic nitrogens is 1. The zero-order valence-electron chi connectivity index (χ0n) is 11.3. The molecule has 0 radical (unpaired) electrons. The minimum atomic E-state index is -0.783. The van der Waals surface area contributed by atoms with E-state index in [0.29, 0.717) is 10.6 Å². The second-order valence-corrected chi connectivity index (χ2v) is 5.51. The molecule has 2 rings (SSSR count). The lowest BCUT2D eigenvalue weighted by molar-refractivity contribution is 0.0944. The maximum Gasteiger partial charge on any atom is 0.264 e. The van der Waals surface area contributed by atoms with Crippen LogP contribution in [0.4, 0.5) is 0 Å². The summed E-state index contributed by atoms with van der Waals surface area (Å²) in [6, 6.07) is 4.59. The Hall–Kier alpha value is -2.13. The molecule has 0 aliphatic carbocycles. The molecule has 1 amide bonds. The average Bonchev–Trinajstić information content (AvgIpc) is 3.06. The molecule has 6 heteroatoms. The van der Waals surface area contributed by atoms with E-state index in [2.05, 4.69) is 10.3 Å². The maximum atomic E-state index is 12.3. The monoisotopic (exact) mass is 289 g/mol. The van der Waals surface area contributed by atoms with Gasteiger partial charge in [-0.15, -0.1) is 11.3 Å². The second-order valence-electron chi connectivity index (χ2n) is 4.31. The summed E-state index contributed by atoms with van der Waals surface area (Å²) in [7, 11) is 0. The number of aryl methyl sites for hydroxylation is 2. The first-order valence-corrected chi connectivity index (χ1v) is 7.17. The van der Waals surface area contributed by atoms with Gasteiger partial charge in [0, 0.05) is 0 Å². The van der Waals surface area contributed by atoms with Crippen molar-refractivity contribution < 1.29 is 9.21 Å². The normalized spacial score (nSPS) is 11.8. The van der Waals surface area contributed by atoms with Crippen LogP contribution in [0.25, 0.3) is 0 Å². The number of rotatable bonds is 5. The highest BCUT2D eigenvalue weighted by molar-refractivity contribution is 7.13. The molecule has 2 aromatic heterocycles. The zero-order chi connectivity index (χ0) is 14.5. The number of amides is 1. The number of thiazole rings is 1. The summed E-state index contributed by atoms with van der Waals surface area (Å²) < 4.78 is 5.16. The van der Waals surface area contributed by atoms with Crippen LogP contribution in [0, 0.1) is 18.3 Å². The van der Waals surface area contributed by atoms with Gasteiger partial charge in [-0.2, -0.15) is 5.26 Å². The van der Waals surface area contributed by atoms with E-state index in [0.717, 1.165) is 23.5 Å². The average molecular weight is 289 g/mol. The fourth-order valence-electron chi connectivity index (χ4n) is 1.87. The highest BCUT2D eigenvalue weighted by Crippen LogP contribution is 2.21. The zero-order valence-corrected chi connectivity index (χ0v) is 12.2. The quantitative estimate of drug-likeness (QED) is 0.917. The van der Waals surface area contributed by atoms with Crippen molar-refractivity contribution in [2.45, 2.75) is 32.7 Å². The number of hydrogen-bond donors (Lipinski definition) is 1. The van der Waals surface area contributed by atoms with E-state index in [1.807, 2.05) is 19.9 Å². The van der Waals surface area contributed by atoms with E-state index in [1.165, 1.54) is 17.6 Å². The van der Waals surface area contributed by atoms with Gasteiger partial charge in [0.05, 0.1) is 23.0 Å². The van der Waals surface area contributed by atoms with Crippen molar-refractivity contribution in [2.75, 3.05) is 0 Å². The molecule has 2 heterocycles. The van der Waals surface area contributed by atoms with Crippen molar-refractivity contribution in [3.05, 3.63) is 39.7 Å². The Labute approximate surface area is 121 Å². The Morgan fingerprint density at radius 2 is 2.45 bits per heavy atom. The van der Waals surface area contributed by atoms with E-state index in [-0.39, 0.29) is 5.91 Å². The third kappa shape index (κ3) is 3.06. The van der Waals surface area contributed by atoms with Crippen LogP contribution < -0.4 is 5.32 Å². The minimum absolute atomic E-state index is 0.276. The number of carbonyl (C=O) groups excluding carboxylic acids is 1. The number of nitrogens with one attached hydrogen (secondary N) is 1. The van der Waals surface area contributed by atoms with E-state index in [1.54, 1.807) is 12.1 Å². The standard InChI is InChI=1S/C14H15N3O2S/c1-3-5-10-13(20-9(2)16-10)14(18)17-11(8-15)12-6-4-7-19-12/h4,6-7,11H,3,5H2,1-2H3,(H,17,18). The van der Waals surface area contributed by atoms with Gasteiger partial charge in [-0.25, -0.2) is 4.98 Å². The Kier molecular flexibility index (Phi) is 4.53. The molecular formula is C14H15N3O2S. The van der Waals surface area contributed by atoms with Gasteiger partial charge in [-0.05, 0) is 25.5 Å². The predicted octanol–water partition coefficient (Wildman–Crippen LogP) is 2.99. The van der Waals surface area contributed by atoms with E-state index < -0.39 is 6.04 Å². The Balaban J connectivity index is 2.17. The first kappa shape index (κ1) is 14.3. The third-order valence-corrected chi connectivity index (χ3v) is 3.74. The predicted molar refractivity (Wildman–Crippen MR) is 75.4 cm³/mol. The van der Waals surface area contributed by atoms with Crippen LogP contribution in [0.2, 0.25) is 0 Å². The summed E-state index contributed by atoms with van der Waals surface area (Å²) in [5.41, 5.74) is 0.795. The maximum absolute atomic E-state index is 12.3. The van der Waals surface area contributed by atoms with Crippen molar-refractivity contribution in [3.8, 4) is 6.07 Å². The fourth-order valence-corrected chi connectivity index (χ4v) is 2.74. The van der Waals surface area contributed by atoms with Crippen LogP contribution in [-0.2, 0) is 6.42 Å². The largest absolute Gasteiger partial charge is 0.466 e. The van der Waals surface area contributed by atoms with Crippen LogP contribution >= 0.6 is 11.3 Å². The highest BCUT2D eigenvalue weighted by atomic mass is 32.1. The molecule has 0 aliphatic rings. The number of nitrogens with zero attached hydrogens (tertiary/aromatic N) is 2. The molecule has 0 saturated heterocycles. The number of furan rings is 1. The molecule has 0 saturated carbocycles. The van der Waals surface area contributed by atoms with Crippen LogP contribution in [0.3, 0.4) is 0 Å². The lowest BCUT2D eigenvalue weighted by atomic mass is 10.2. The number of carbonyl (C=O) groups is 1. The molecule has 2 aromatic rings. The Morgan fingerprint density at radius 1 is 1.65 bits per heavy atom. The molecule has 0 spiro atoms.